The molecule has 1 amide bonds. The summed E-state index contributed by atoms with van der Waals surface area (Å²) in [5.74, 6) is 0.657. The Morgan fingerprint density at radius 2 is 1.70 bits per heavy atom. The number of ketones is 1. The molecule has 6 heteroatoms. The number of benzene rings is 3. The SMILES string of the molecule is CC(=O)c1ccc(OCCCC(=O)NC(CN)c2ccc3ccccc3c2)cc1.Cl. The van der Waals surface area contributed by atoms with Crippen LogP contribution in [0.1, 0.15) is 41.7 Å². The highest BCUT2D eigenvalue weighted by Crippen LogP contribution is 2.20. The molecule has 30 heavy (non-hydrogen) atoms. The zero-order valence-corrected chi connectivity index (χ0v) is 17.8. The summed E-state index contributed by atoms with van der Waals surface area (Å²) in [6.07, 6.45) is 0.949. The fourth-order valence-electron chi connectivity index (χ4n) is 3.18. The molecule has 1 unspecified atom stereocenters. The van der Waals surface area contributed by atoms with Gasteiger partial charge in [-0.3, -0.25) is 9.59 Å². The molecule has 0 spiro atoms. The Hall–Kier alpha value is -2.89. The van der Waals surface area contributed by atoms with Crippen molar-refractivity contribution in [2.24, 2.45) is 5.73 Å². The highest BCUT2D eigenvalue weighted by Gasteiger charge is 2.13. The summed E-state index contributed by atoms with van der Waals surface area (Å²) in [7, 11) is 0. The van der Waals surface area contributed by atoms with E-state index >= 15 is 0 Å². The molecular weight excluding hydrogens is 400 g/mol. The van der Waals surface area contributed by atoms with Crippen LogP contribution in [0.3, 0.4) is 0 Å². The zero-order valence-electron chi connectivity index (χ0n) is 17.0. The van der Waals surface area contributed by atoms with Crippen LogP contribution >= 0.6 is 12.4 Å². The second-order valence-electron chi connectivity index (χ2n) is 6.99. The molecule has 3 rings (SSSR count). The maximum atomic E-state index is 12.3. The van der Waals surface area contributed by atoms with Gasteiger partial charge >= 0.3 is 0 Å². The normalized spacial score (nSPS) is 11.4. The van der Waals surface area contributed by atoms with Crippen LogP contribution in [0.5, 0.6) is 5.75 Å². The first kappa shape index (κ1) is 23.4. The molecule has 0 radical (unpaired) electrons. The van der Waals surface area contributed by atoms with Crippen LogP contribution in [0.15, 0.2) is 66.7 Å². The molecule has 5 nitrogen and oxygen atoms in total. The average molecular weight is 427 g/mol. The van der Waals surface area contributed by atoms with Gasteiger partial charge in [-0.05, 0) is 60.0 Å². The first-order chi connectivity index (χ1) is 14.1. The molecule has 0 aliphatic carbocycles. The van der Waals surface area contributed by atoms with Crippen LogP contribution < -0.4 is 15.8 Å². The minimum atomic E-state index is -0.216. The standard InChI is InChI=1S/C24H26N2O3.ClH/c1-17(27)18-10-12-22(13-11-18)29-14-4-7-24(28)26-23(16-25)21-9-8-19-5-2-3-6-20(19)15-21;/h2-3,5-6,8-13,15,23H,4,7,14,16,25H2,1H3,(H,26,28);1H. The maximum absolute atomic E-state index is 12.3. The fourth-order valence-corrected chi connectivity index (χ4v) is 3.18. The number of rotatable bonds is 9. The highest BCUT2D eigenvalue weighted by atomic mass is 35.5. The molecular formula is C24H27ClN2O3. The summed E-state index contributed by atoms with van der Waals surface area (Å²) in [6.45, 7) is 2.29. The van der Waals surface area contributed by atoms with Gasteiger partial charge in [0, 0.05) is 18.5 Å². The van der Waals surface area contributed by atoms with Crippen molar-refractivity contribution >= 4 is 34.9 Å². The third-order valence-electron chi connectivity index (χ3n) is 4.82. The lowest BCUT2D eigenvalue weighted by Gasteiger charge is -2.18. The van der Waals surface area contributed by atoms with E-state index in [1.165, 1.54) is 6.92 Å². The molecule has 0 aliphatic rings. The van der Waals surface area contributed by atoms with Gasteiger partial charge in [0.25, 0.3) is 0 Å². The van der Waals surface area contributed by atoms with Crippen LogP contribution in [0.25, 0.3) is 10.8 Å². The molecule has 3 aromatic rings. The number of hydrogen-bond acceptors (Lipinski definition) is 4. The lowest BCUT2D eigenvalue weighted by molar-refractivity contribution is -0.122. The largest absolute Gasteiger partial charge is 0.494 e. The molecule has 158 valence electrons. The van der Waals surface area contributed by atoms with Crippen LogP contribution in [-0.2, 0) is 4.79 Å². The summed E-state index contributed by atoms with van der Waals surface area (Å²) in [5.41, 5.74) is 7.55. The van der Waals surface area contributed by atoms with Crippen molar-refractivity contribution in [2.45, 2.75) is 25.8 Å². The molecule has 0 saturated carbocycles. The van der Waals surface area contributed by atoms with E-state index in [1.54, 1.807) is 24.3 Å². The van der Waals surface area contributed by atoms with Crippen molar-refractivity contribution in [1.82, 2.24) is 5.32 Å². The maximum Gasteiger partial charge on any atom is 0.220 e. The summed E-state index contributed by atoms with van der Waals surface area (Å²) in [4.78, 5) is 23.6. The zero-order chi connectivity index (χ0) is 20.6. The Kier molecular flexibility index (Phi) is 8.84. The average Bonchev–Trinajstić information content (AvgIpc) is 2.75. The van der Waals surface area contributed by atoms with Crippen LogP contribution in [0, 0.1) is 0 Å². The van der Waals surface area contributed by atoms with E-state index in [4.69, 9.17) is 10.5 Å². The topological polar surface area (TPSA) is 81.4 Å². The van der Waals surface area contributed by atoms with Gasteiger partial charge < -0.3 is 15.8 Å². The molecule has 0 fully saturated rings. The van der Waals surface area contributed by atoms with Gasteiger partial charge in [0.15, 0.2) is 5.78 Å². The second kappa shape index (κ2) is 11.3. The molecule has 0 heterocycles. The van der Waals surface area contributed by atoms with Gasteiger partial charge in [-0.2, -0.15) is 0 Å². The van der Waals surface area contributed by atoms with Gasteiger partial charge in [-0.15, -0.1) is 12.4 Å². The summed E-state index contributed by atoms with van der Waals surface area (Å²) >= 11 is 0. The Morgan fingerprint density at radius 3 is 2.37 bits per heavy atom. The van der Waals surface area contributed by atoms with E-state index in [1.807, 2.05) is 24.3 Å². The first-order valence-electron chi connectivity index (χ1n) is 9.79. The Bertz CT molecular complexity index is 989. The lowest BCUT2D eigenvalue weighted by atomic mass is 10.0. The predicted molar refractivity (Wildman–Crippen MR) is 122 cm³/mol. The summed E-state index contributed by atoms with van der Waals surface area (Å²) in [5, 5.41) is 5.30. The van der Waals surface area contributed by atoms with Crippen molar-refractivity contribution in [2.75, 3.05) is 13.2 Å². The number of halogens is 1. The van der Waals surface area contributed by atoms with Crippen molar-refractivity contribution < 1.29 is 14.3 Å². The molecule has 0 bridgehead atoms. The summed E-state index contributed by atoms with van der Waals surface area (Å²) < 4.78 is 5.64. The lowest BCUT2D eigenvalue weighted by Crippen LogP contribution is -2.33. The molecule has 0 saturated heterocycles. The fraction of sp³-hybridized carbons (Fsp3) is 0.250. The van der Waals surface area contributed by atoms with E-state index in [0.717, 1.165) is 16.3 Å². The molecule has 3 N–H and O–H groups in total. The minimum absolute atomic E-state index is 0. The van der Waals surface area contributed by atoms with Gasteiger partial charge in [-0.25, -0.2) is 0 Å². The number of fused-ring (bicyclic) bond motifs is 1. The van der Waals surface area contributed by atoms with Crippen molar-refractivity contribution in [3.63, 3.8) is 0 Å². The van der Waals surface area contributed by atoms with Crippen LogP contribution in [-0.4, -0.2) is 24.8 Å². The monoisotopic (exact) mass is 426 g/mol. The van der Waals surface area contributed by atoms with Gasteiger partial charge in [-0.1, -0.05) is 36.4 Å². The predicted octanol–water partition coefficient (Wildman–Crippen LogP) is 4.44. The van der Waals surface area contributed by atoms with Crippen molar-refractivity contribution in [3.8, 4) is 5.75 Å². The van der Waals surface area contributed by atoms with E-state index in [0.29, 0.717) is 37.3 Å². The number of nitrogens with one attached hydrogen (secondary N) is 1. The number of hydrogen-bond donors (Lipinski definition) is 2. The number of nitrogens with two attached hydrogens (primary N) is 1. The van der Waals surface area contributed by atoms with E-state index in [-0.39, 0.29) is 30.1 Å². The smallest absolute Gasteiger partial charge is 0.220 e. The second-order valence-corrected chi connectivity index (χ2v) is 6.99. The number of amides is 1. The Morgan fingerprint density at radius 1 is 1.00 bits per heavy atom. The van der Waals surface area contributed by atoms with Crippen LogP contribution in [0.2, 0.25) is 0 Å². The number of Topliss-reactive ketones (excluding diaryl/α,β-unsaturated/α-hetero) is 1. The Balaban J connectivity index is 0.00000320. The summed E-state index contributed by atoms with van der Waals surface area (Å²) in [6, 6.07) is 21.0. The highest BCUT2D eigenvalue weighted by molar-refractivity contribution is 5.94. The van der Waals surface area contributed by atoms with Gasteiger partial charge in [0.2, 0.25) is 5.91 Å². The number of ether oxygens (including phenoxy) is 1. The first-order valence-corrected chi connectivity index (χ1v) is 9.79. The van der Waals surface area contributed by atoms with E-state index < -0.39 is 0 Å². The quantitative estimate of drug-likeness (QED) is 0.391. The van der Waals surface area contributed by atoms with Gasteiger partial charge in [0.05, 0.1) is 12.6 Å². The van der Waals surface area contributed by atoms with E-state index in [9.17, 15) is 9.59 Å². The van der Waals surface area contributed by atoms with E-state index in [2.05, 4.69) is 23.5 Å². The van der Waals surface area contributed by atoms with Gasteiger partial charge in [0.1, 0.15) is 5.75 Å². The molecule has 3 aromatic carbocycles. The molecule has 0 aliphatic heterocycles. The third kappa shape index (κ3) is 6.31. The Labute approximate surface area is 183 Å². The molecule has 0 aromatic heterocycles. The number of carbonyl (C=O) groups excluding carboxylic acids is 2. The molecule has 1 atom stereocenters. The third-order valence-corrected chi connectivity index (χ3v) is 4.82. The number of carbonyl (C=O) groups is 2. The van der Waals surface area contributed by atoms with Crippen molar-refractivity contribution in [1.29, 1.82) is 0 Å². The minimum Gasteiger partial charge on any atom is -0.494 e. The van der Waals surface area contributed by atoms with Crippen LogP contribution in [0.4, 0.5) is 0 Å². The van der Waals surface area contributed by atoms with Crippen molar-refractivity contribution in [3.05, 3.63) is 77.9 Å².